The molecule has 0 amide bonds. The Morgan fingerprint density at radius 3 is 2.05 bits per heavy atom. The Hall–Kier alpha value is -4.58. The van der Waals surface area contributed by atoms with Crippen molar-refractivity contribution in [1.82, 2.24) is 25.0 Å². The molecule has 3 heterocycles. The number of pyridine rings is 2. The minimum Gasteiger partial charge on any atom is -0.289 e. The molecule has 3 aromatic heterocycles. The van der Waals surface area contributed by atoms with Gasteiger partial charge in [-0.3, -0.25) is 14.8 Å². The maximum Gasteiger partial charge on any atom is 0.416 e. The predicted octanol–water partition coefficient (Wildman–Crippen LogP) is 7.37. The first-order valence-corrected chi connectivity index (χ1v) is 12.2. The minimum absolute atomic E-state index is 0.0581. The van der Waals surface area contributed by atoms with Gasteiger partial charge >= 0.3 is 12.4 Å². The number of halogens is 7. The summed E-state index contributed by atoms with van der Waals surface area (Å²) in [6, 6.07) is 13.7. The molecule has 0 bridgehead atoms. The lowest BCUT2D eigenvalue weighted by molar-refractivity contribution is -0.143. The van der Waals surface area contributed by atoms with Gasteiger partial charge in [0.15, 0.2) is 5.78 Å². The molecular weight excluding hydrogens is 572 g/mol. The molecule has 0 unspecified atom stereocenters. The third-order valence-electron chi connectivity index (χ3n) is 6.05. The molecule has 6 nitrogen and oxygen atoms in total. The van der Waals surface area contributed by atoms with Crippen LogP contribution in [0.2, 0.25) is 5.02 Å². The van der Waals surface area contributed by atoms with Crippen LogP contribution in [0.1, 0.15) is 32.6 Å². The molecule has 0 N–H and O–H groups in total. The molecular formula is C28H16ClF6N5O. The van der Waals surface area contributed by atoms with Crippen molar-refractivity contribution in [3.8, 4) is 22.6 Å². The molecule has 0 fully saturated rings. The van der Waals surface area contributed by atoms with Gasteiger partial charge < -0.3 is 0 Å². The van der Waals surface area contributed by atoms with E-state index in [1.807, 2.05) is 0 Å². The van der Waals surface area contributed by atoms with Gasteiger partial charge in [0.05, 0.1) is 28.9 Å². The van der Waals surface area contributed by atoms with Crippen molar-refractivity contribution < 1.29 is 31.1 Å². The van der Waals surface area contributed by atoms with Crippen molar-refractivity contribution >= 4 is 17.4 Å². The fraction of sp³-hybridized carbons (Fsp3) is 0.107. The Labute approximate surface area is 233 Å². The van der Waals surface area contributed by atoms with E-state index in [1.165, 1.54) is 36.8 Å². The lowest BCUT2D eigenvalue weighted by atomic mass is 9.98. The summed E-state index contributed by atoms with van der Waals surface area (Å²) in [6.07, 6.45) is -5.71. The van der Waals surface area contributed by atoms with Crippen molar-refractivity contribution in [2.45, 2.75) is 18.9 Å². The second-order valence-corrected chi connectivity index (χ2v) is 9.27. The van der Waals surface area contributed by atoms with Gasteiger partial charge in [0.25, 0.3) is 0 Å². The molecule has 0 radical (unpaired) electrons. The lowest BCUT2D eigenvalue weighted by Gasteiger charge is -2.15. The van der Waals surface area contributed by atoms with Crippen molar-refractivity contribution in [1.29, 1.82) is 0 Å². The summed E-state index contributed by atoms with van der Waals surface area (Å²) in [6.45, 7) is -0.495. The summed E-state index contributed by atoms with van der Waals surface area (Å²) in [5.41, 5.74) is -1.89. The fourth-order valence-electron chi connectivity index (χ4n) is 4.20. The van der Waals surface area contributed by atoms with E-state index in [-0.39, 0.29) is 34.3 Å². The van der Waals surface area contributed by atoms with Crippen molar-refractivity contribution in [2.75, 3.05) is 0 Å². The Kier molecular flexibility index (Phi) is 7.35. The van der Waals surface area contributed by atoms with E-state index < -0.39 is 35.8 Å². The number of ketones is 1. The van der Waals surface area contributed by atoms with Gasteiger partial charge in [-0.2, -0.15) is 26.3 Å². The quantitative estimate of drug-likeness (QED) is 0.153. The van der Waals surface area contributed by atoms with E-state index in [4.69, 9.17) is 11.6 Å². The first kappa shape index (κ1) is 28.0. The largest absolute Gasteiger partial charge is 0.416 e. The van der Waals surface area contributed by atoms with E-state index in [2.05, 4.69) is 20.3 Å². The molecule has 0 saturated carbocycles. The van der Waals surface area contributed by atoms with E-state index in [1.54, 1.807) is 30.3 Å². The predicted molar refractivity (Wildman–Crippen MR) is 137 cm³/mol. The Morgan fingerprint density at radius 1 is 0.805 bits per heavy atom. The Balaban J connectivity index is 1.65. The molecule has 13 heteroatoms. The number of carbonyl (C=O) groups excluding carboxylic acids is 1. The van der Waals surface area contributed by atoms with Gasteiger partial charge in [-0.1, -0.05) is 16.8 Å². The minimum atomic E-state index is -5.01. The molecule has 0 spiro atoms. The van der Waals surface area contributed by atoms with Gasteiger partial charge in [-0.15, -0.1) is 5.10 Å². The highest BCUT2D eigenvalue weighted by atomic mass is 35.5. The van der Waals surface area contributed by atoms with Gasteiger partial charge in [0.2, 0.25) is 0 Å². The van der Waals surface area contributed by atoms with E-state index >= 15 is 0 Å². The van der Waals surface area contributed by atoms with Gasteiger partial charge in [-0.05, 0) is 72.3 Å². The smallest absolute Gasteiger partial charge is 0.289 e. The highest BCUT2D eigenvalue weighted by Crippen LogP contribution is 2.37. The number of aromatic nitrogens is 5. The van der Waals surface area contributed by atoms with Crippen molar-refractivity contribution in [3.63, 3.8) is 0 Å². The average molecular weight is 588 g/mol. The SMILES string of the molecule is O=C(c1ccc(Cl)cc1)c1cccnc1-c1nnn(Cc2cc(C(F)(F)F)cc(C(F)(F)F)c2)c1-c1ccncc1. The van der Waals surface area contributed by atoms with Crippen molar-refractivity contribution in [3.05, 3.63) is 118 Å². The highest BCUT2D eigenvalue weighted by molar-refractivity contribution is 6.30. The molecule has 41 heavy (non-hydrogen) atoms. The van der Waals surface area contributed by atoms with Gasteiger partial charge in [0.1, 0.15) is 11.4 Å². The summed E-state index contributed by atoms with van der Waals surface area (Å²) >= 11 is 5.94. The monoisotopic (exact) mass is 587 g/mol. The molecule has 0 atom stereocenters. The molecule has 5 aromatic rings. The summed E-state index contributed by atoms with van der Waals surface area (Å²) < 4.78 is 82.0. The van der Waals surface area contributed by atoms with Crippen LogP contribution < -0.4 is 0 Å². The first-order chi connectivity index (χ1) is 19.4. The van der Waals surface area contributed by atoms with E-state index in [0.717, 1.165) is 4.68 Å². The Morgan fingerprint density at radius 2 is 1.44 bits per heavy atom. The number of carbonyl (C=O) groups is 1. The zero-order chi connectivity index (χ0) is 29.4. The van der Waals surface area contributed by atoms with Crippen LogP contribution in [0, 0.1) is 0 Å². The van der Waals surface area contributed by atoms with Crippen LogP contribution in [0.5, 0.6) is 0 Å². The number of hydrogen-bond donors (Lipinski definition) is 0. The van der Waals surface area contributed by atoms with Crippen LogP contribution in [0.25, 0.3) is 22.6 Å². The first-order valence-electron chi connectivity index (χ1n) is 11.8. The van der Waals surface area contributed by atoms with Crippen LogP contribution in [-0.4, -0.2) is 30.7 Å². The standard InChI is InChI=1S/C28H16ClF6N5O/c29-21-5-3-18(4-6-21)26(41)22-2-1-9-37-23(22)24-25(17-7-10-36-11-8-17)40(39-38-24)15-16-12-19(27(30,31)32)14-20(13-16)28(33,34)35/h1-14H,15H2. The number of alkyl halides is 6. The number of nitrogens with zero attached hydrogens (tertiary/aromatic N) is 5. The average Bonchev–Trinajstić information content (AvgIpc) is 3.35. The number of benzene rings is 2. The third kappa shape index (κ3) is 5.97. The summed E-state index contributed by atoms with van der Waals surface area (Å²) in [7, 11) is 0. The summed E-state index contributed by atoms with van der Waals surface area (Å²) in [5.74, 6) is -0.410. The molecule has 208 valence electrons. The zero-order valence-corrected chi connectivity index (χ0v) is 21.3. The van der Waals surface area contributed by atoms with Gasteiger partial charge in [0, 0.05) is 34.7 Å². The fourth-order valence-corrected chi connectivity index (χ4v) is 4.32. The van der Waals surface area contributed by atoms with Crippen LogP contribution in [0.3, 0.4) is 0 Å². The van der Waals surface area contributed by atoms with E-state index in [0.29, 0.717) is 28.3 Å². The second kappa shape index (κ2) is 10.8. The van der Waals surface area contributed by atoms with Crippen LogP contribution in [-0.2, 0) is 18.9 Å². The maximum absolute atomic E-state index is 13.5. The van der Waals surface area contributed by atoms with Crippen LogP contribution in [0.15, 0.2) is 85.3 Å². The lowest BCUT2D eigenvalue weighted by Crippen LogP contribution is -2.13. The van der Waals surface area contributed by atoms with Gasteiger partial charge in [-0.25, -0.2) is 4.68 Å². The normalized spacial score (nSPS) is 12.0. The number of rotatable bonds is 6. The zero-order valence-electron chi connectivity index (χ0n) is 20.6. The molecule has 2 aromatic carbocycles. The summed E-state index contributed by atoms with van der Waals surface area (Å²) in [4.78, 5) is 21.7. The molecule has 5 rings (SSSR count). The molecule has 0 aliphatic carbocycles. The Bertz CT molecular complexity index is 1690. The van der Waals surface area contributed by atoms with Crippen LogP contribution >= 0.6 is 11.6 Å². The summed E-state index contributed by atoms with van der Waals surface area (Å²) in [5, 5.41) is 8.64. The molecule has 0 saturated heterocycles. The third-order valence-corrected chi connectivity index (χ3v) is 6.30. The maximum atomic E-state index is 13.5. The highest BCUT2D eigenvalue weighted by Gasteiger charge is 2.37. The van der Waals surface area contributed by atoms with E-state index in [9.17, 15) is 31.1 Å². The van der Waals surface area contributed by atoms with Crippen molar-refractivity contribution in [2.24, 2.45) is 0 Å². The number of hydrogen-bond acceptors (Lipinski definition) is 5. The van der Waals surface area contributed by atoms with Crippen LogP contribution in [0.4, 0.5) is 26.3 Å². The molecule has 0 aliphatic rings. The topological polar surface area (TPSA) is 73.6 Å². The molecule has 0 aliphatic heterocycles. The second-order valence-electron chi connectivity index (χ2n) is 8.83.